The van der Waals surface area contributed by atoms with Crippen molar-refractivity contribution in [2.75, 3.05) is 12.8 Å². The number of carbonyl (C=O) groups is 3. The molecule has 6 N–H and O–H groups in total. The van der Waals surface area contributed by atoms with Crippen LogP contribution in [0.4, 0.5) is 5.69 Å². The minimum absolute atomic E-state index is 0.0145. The predicted molar refractivity (Wildman–Crippen MR) is 101 cm³/mol. The van der Waals surface area contributed by atoms with E-state index in [1.807, 2.05) is 0 Å². The summed E-state index contributed by atoms with van der Waals surface area (Å²) in [7, 11) is 1.45. The summed E-state index contributed by atoms with van der Waals surface area (Å²) in [5.41, 5.74) is 4.60. The Morgan fingerprint density at radius 2 is 1.52 bits per heavy atom. The number of para-hydroxylation sites is 2. The van der Waals surface area contributed by atoms with Gasteiger partial charge in [0.1, 0.15) is 0 Å². The number of nitrogens with two attached hydrogens (primary N) is 1. The number of amides is 1. The minimum atomic E-state index is -1.22. The molecule has 0 bridgehead atoms. The van der Waals surface area contributed by atoms with Crippen LogP contribution in [-0.2, 0) is 0 Å². The van der Waals surface area contributed by atoms with E-state index >= 15 is 0 Å². The fourth-order valence-electron chi connectivity index (χ4n) is 2.39. The molecule has 3 aromatic rings. The number of hydrogen-bond donors (Lipinski definition) is 5. The first-order chi connectivity index (χ1) is 13.7. The summed E-state index contributed by atoms with van der Waals surface area (Å²) in [6.07, 6.45) is 0. The summed E-state index contributed by atoms with van der Waals surface area (Å²) in [5.74, 6) is -3.73. The zero-order chi connectivity index (χ0) is 21.7. The molecule has 11 nitrogen and oxygen atoms in total. The van der Waals surface area contributed by atoms with E-state index in [0.29, 0.717) is 0 Å². The van der Waals surface area contributed by atoms with E-state index in [2.05, 4.69) is 14.7 Å². The third-order valence-electron chi connectivity index (χ3n) is 3.74. The molecule has 0 saturated carbocycles. The van der Waals surface area contributed by atoms with Crippen LogP contribution < -0.4 is 22.4 Å². The molecule has 29 heavy (non-hydrogen) atoms. The lowest BCUT2D eigenvalue weighted by Gasteiger charge is -2.06. The van der Waals surface area contributed by atoms with Gasteiger partial charge in [0.05, 0.1) is 33.3 Å². The maximum absolute atomic E-state index is 11.2. The van der Waals surface area contributed by atoms with Gasteiger partial charge in [-0.15, -0.1) is 0 Å². The Hall–Kier alpha value is -4.41. The van der Waals surface area contributed by atoms with Crippen molar-refractivity contribution in [2.24, 2.45) is 0 Å². The predicted octanol–water partition coefficient (Wildman–Crippen LogP) is 0.506. The zero-order valence-electron chi connectivity index (χ0n) is 14.9. The maximum atomic E-state index is 11.2. The molecule has 150 valence electrons. The number of carbonyl (C=O) groups excluding carboxylic acids is 1. The number of rotatable bonds is 3. The average Bonchev–Trinajstić information content (AvgIpc) is 2.67. The molecule has 1 amide bonds. The van der Waals surface area contributed by atoms with Crippen LogP contribution in [0.5, 0.6) is 0 Å². The van der Waals surface area contributed by atoms with Crippen LogP contribution in [-0.4, -0.2) is 40.1 Å². The van der Waals surface area contributed by atoms with Crippen molar-refractivity contribution in [2.45, 2.75) is 0 Å². The average molecular weight is 401 g/mol. The van der Waals surface area contributed by atoms with Gasteiger partial charge in [-0.1, -0.05) is 12.1 Å². The van der Waals surface area contributed by atoms with Crippen molar-refractivity contribution in [1.29, 1.82) is 0 Å². The van der Waals surface area contributed by atoms with E-state index in [1.165, 1.54) is 43.4 Å². The maximum Gasteiger partial charge on any atom is 0.419 e. The van der Waals surface area contributed by atoms with Crippen molar-refractivity contribution < 1.29 is 29.0 Å². The standard InChI is InChI=1S/C9H10N2O3.C9H5NO5/c1-11-8(12)5-3-2-4-6(7(5)10)9(13)14;11-7(12)4-2-1-3-5-6(4)10-9(14)15-8(5)13/h2-4H,10H2,1H3,(H,11,12)(H,13,14);1-3H,(H,10,14)(H,11,12). The van der Waals surface area contributed by atoms with Gasteiger partial charge in [0, 0.05) is 7.05 Å². The lowest BCUT2D eigenvalue weighted by atomic mass is 10.1. The molecule has 11 heteroatoms. The molecule has 0 aliphatic rings. The minimum Gasteiger partial charge on any atom is -0.478 e. The number of aromatic nitrogens is 1. The third kappa shape index (κ3) is 4.47. The lowest BCUT2D eigenvalue weighted by Crippen LogP contribution is -2.20. The number of fused-ring (bicyclic) bond motifs is 1. The molecule has 0 fully saturated rings. The number of anilines is 1. The molecule has 2 aromatic carbocycles. The van der Waals surface area contributed by atoms with Crippen LogP contribution in [0.3, 0.4) is 0 Å². The second-order valence-corrected chi connectivity index (χ2v) is 5.49. The topological polar surface area (TPSA) is 193 Å². The van der Waals surface area contributed by atoms with Crippen LogP contribution in [0.15, 0.2) is 50.4 Å². The molecular formula is C18H15N3O8. The Bertz CT molecular complexity index is 1230. The van der Waals surface area contributed by atoms with Gasteiger partial charge in [-0.2, -0.15) is 0 Å². The molecule has 0 unspecified atom stereocenters. The number of carboxylic acids is 2. The Morgan fingerprint density at radius 3 is 2.10 bits per heavy atom. The highest BCUT2D eigenvalue weighted by atomic mass is 16.4. The number of hydrogen-bond acceptors (Lipinski definition) is 7. The highest BCUT2D eigenvalue weighted by Gasteiger charge is 2.14. The van der Waals surface area contributed by atoms with Crippen LogP contribution in [0.25, 0.3) is 10.9 Å². The Morgan fingerprint density at radius 1 is 0.966 bits per heavy atom. The van der Waals surface area contributed by atoms with Gasteiger partial charge >= 0.3 is 23.3 Å². The summed E-state index contributed by atoms with van der Waals surface area (Å²) in [5, 5.41) is 20.0. The Balaban J connectivity index is 0.000000208. The van der Waals surface area contributed by atoms with Crippen LogP contribution in [0, 0.1) is 0 Å². The molecule has 1 heterocycles. The fraction of sp³-hybridized carbons (Fsp3) is 0.0556. The van der Waals surface area contributed by atoms with Gasteiger partial charge < -0.3 is 25.7 Å². The zero-order valence-corrected chi connectivity index (χ0v) is 14.9. The van der Waals surface area contributed by atoms with E-state index in [-0.39, 0.29) is 33.3 Å². The van der Waals surface area contributed by atoms with Crippen LogP contribution >= 0.6 is 0 Å². The number of benzene rings is 2. The number of nitrogen functional groups attached to an aromatic ring is 1. The highest BCUT2D eigenvalue weighted by Crippen LogP contribution is 2.17. The van der Waals surface area contributed by atoms with E-state index in [0.717, 1.165) is 0 Å². The first-order valence-electron chi connectivity index (χ1n) is 7.90. The van der Waals surface area contributed by atoms with E-state index in [4.69, 9.17) is 15.9 Å². The van der Waals surface area contributed by atoms with Gasteiger partial charge in [0.2, 0.25) is 0 Å². The van der Waals surface area contributed by atoms with Gasteiger partial charge in [-0.05, 0) is 24.3 Å². The van der Waals surface area contributed by atoms with Gasteiger partial charge in [0.25, 0.3) is 5.91 Å². The number of nitrogens with one attached hydrogen (secondary N) is 2. The lowest BCUT2D eigenvalue weighted by molar-refractivity contribution is 0.0687. The number of aromatic amines is 1. The summed E-state index contributed by atoms with van der Waals surface area (Å²) in [4.78, 5) is 56.9. The fourth-order valence-corrected chi connectivity index (χ4v) is 2.39. The number of aromatic carboxylic acids is 2. The largest absolute Gasteiger partial charge is 0.478 e. The van der Waals surface area contributed by atoms with Gasteiger partial charge in [-0.25, -0.2) is 19.2 Å². The number of carboxylic acid groups (broad SMARTS) is 2. The van der Waals surface area contributed by atoms with Crippen molar-refractivity contribution >= 4 is 34.4 Å². The van der Waals surface area contributed by atoms with E-state index < -0.39 is 29.2 Å². The van der Waals surface area contributed by atoms with Crippen molar-refractivity contribution in [3.63, 3.8) is 0 Å². The van der Waals surface area contributed by atoms with Crippen LogP contribution in [0.1, 0.15) is 31.1 Å². The first kappa shape index (κ1) is 20.9. The molecule has 1 aromatic heterocycles. The molecule has 0 aliphatic heterocycles. The second kappa shape index (κ2) is 8.52. The summed E-state index contributed by atoms with van der Waals surface area (Å²) >= 11 is 0. The molecule has 0 aliphatic carbocycles. The smallest absolute Gasteiger partial charge is 0.419 e. The van der Waals surface area contributed by atoms with Gasteiger partial charge in [0.15, 0.2) is 0 Å². The second-order valence-electron chi connectivity index (χ2n) is 5.49. The normalized spacial score (nSPS) is 9.97. The van der Waals surface area contributed by atoms with E-state index in [1.54, 1.807) is 0 Å². The van der Waals surface area contributed by atoms with E-state index in [9.17, 15) is 24.0 Å². The Labute approximate surface area is 161 Å². The molecule has 0 saturated heterocycles. The highest BCUT2D eigenvalue weighted by molar-refractivity contribution is 6.05. The third-order valence-corrected chi connectivity index (χ3v) is 3.74. The molecule has 0 atom stereocenters. The monoisotopic (exact) mass is 401 g/mol. The molecule has 0 radical (unpaired) electrons. The van der Waals surface area contributed by atoms with Crippen molar-refractivity contribution in [3.05, 3.63) is 74.1 Å². The quantitative estimate of drug-likeness (QED) is 0.389. The Kier molecular flexibility index (Phi) is 6.14. The number of H-pyrrole nitrogens is 1. The van der Waals surface area contributed by atoms with Crippen LogP contribution in [0.2, 0.25) is 0 Å². The molecule has 3 rings (SSSR count). The summed E-state index contributed by atoms with van der Waals surface area (Å²) in [6.45, 7) is 0. The SMILES string of the molecule is CNC(=O)c1cccc(C(=O)O)c1N.O=C(O)c1cccc2c(=O)oc(=O)[nH]c12. The molecule has 0 spiro atoms. The summed E-state index contributed by atoms with van der Waals surface area (Å²) < 4.78 is 4.27. The van der Waals surface area contributed by atoms with Crippen molar-refractivity contribution in [3.8, 4) is 0 Å². The summed E-state index contributed by atoms with van der Waals surface area (Å²) in [6, 6.07) is 8.37. The van der Waals surface area contributed by atoms with Crippen molar-refractivity contribution in [1.82, 2.24) is 10.3 Å². The molecular weight excluding hydrogens is 386 g/mol. The van der Waals surface area contributed by atoms with Gasteiger partial charge in [-0.3, -0.25) is 9.78 Å². The first-order valence-corrected chi connectivity index (χ1v) is 7.90.